The van der Waals surface area contributed by atoms with E-state index in [2.05, 4.69) is 10.6 Å². The zero-order valence-electron chi connectivity index (χ0n) is 11.9. The number of carboxylic acids is 1. The van der Waals surface area contributed by atoms with Crippen LogP contribution in [0, 0.1) is 17.3 Å². The molecular formula is C13H25N3O3. The van der Waals surface area contributed by atoms with Gasteiger partial charge in [-0.2, -0.15) is 0 Å². The monoisotopic (exact) mass is 271 g/mol. The molecule has 0 aromatic heterocycles. The Morgan fingerprint density at radius 1 is 1.37 bits per heavy atom. The first-order chi connectivity index (χ1) is 8.80. The summed E-state index contributed by atoms with van der Waals surface area (Å²) in [5.74, 6) is -0.999. The summed E-state index contributed by atoms with van der Waals surface area (Å²) in [5.41, 5.74) is 4.99. The predicted molar refractivity (Wildman–Crippen MR) is 72.7 cm³/mol. The molecule has 0 aromatic carbocycles. The second-order valence-electron chi connectivity index (χ2n) is 5.87. The Morgan fingerprint density at radius 3 is 2.53 bits per heavy atom. The number of hydrogen-bond acceptors (Lipinski definition) is 3. The lowest BCUT2D eigenvalue weighted by molar-refractivity contribution is -0.150. The van der Waals surface area contributed by atoms with Crippen LogP contribution in [0.5, 0.6) is 0 Å². The molecule has 0 spiro atoms. The summed E-state index contributed by atoms with van der Waals surface area (Å²) in [4.78, 5) is 22.9. The van der Waals surface area contributed by atoms with E-state index in [0.717, 1.165) is 0 Å². The third kappa shape index (κ3) is 3.59. The number of urea groups is 1. The minimum absolute atomic E-state index is 0.00312. The molecule has 1 saturated carbocycles. The Morgan fingerprint density at radius 2 is 2.00 bits per heavy atom. The van der Waals surface area contributed by atoms with Crippen LogP contribution in [0.4, 0.5) is 4.79 Å². The quantitative estimate of drug-likeness (QED) is 0.606. The van der Waals surface area contributed by atoms with Crippen molar-refractivity contribution >= 4 is 12.0 Å². The van der Waals surface area contributed by atoms with E-state index >= 15 is 0 Å². The third-order valence-electron chi connectivity index (χ3n) is 4.49. The normalized spacial score (nSPS) is 29.6. The third-order valence-corrected chi connectivity index (χ3v) is 4.49. The Hall–Kier alpha value is -1.30. The molecule has 6 heteroatoms. The van der Waals surface area contributed by atoms with Gasteiger partial charge in [-0.05, 0) is 24.2 Å². The van der Waals surface area contributed by atoms with Crippen molar-refractivity contribution in [2.45, 2.75) is 39.7 Å². The Balaban J connectivity index is 2.65. The van der Waals surface area contributed by atoms with Crippen LogP contribution >= 0.6 is 0 Å². The molecule has 1 rings (SSSR count). The molecule has 0 radical (unpaired) electrons. The summed E-state index contributed by atoms with van der Waals surface area (Å²) in [7, 11) is 0. The van der Waals surface area contributed by atoms with Crippen molar-refractivity contribution in [2.75, 3.05) is 13.1 Å². The number of aliphatic carboxylic acids is 1. The lowest BCUT2D eigenvalue weighted by atomic mass is 9.61. The number of carboxylic acid groups (broad SMARTS) is 1. The van der Waals surface area contributed by atoms with Gasteiger partial charge in [0.25, 0.3) is 0 Å². The van der Waals surface area contributed by atoms with Gasteiger partial charge in [0.15, 0.2) is 0 Å². The summed E-state index contributed by atoms with van der Waals surface area (Å²) < 4.78 is 0. The minimum Gasteiger partial charge on any atom is -0.481 e. The molecule has 2 amide bonds. The van der Waals surface area contributed by atoms with Crippen LogP contribution in [0.3, 0.4) is 0 Å². The highest BCUT2D eigenvalue weighted by Gasteiger charge is 2.46. The fourth-order valence-electron chi connectivity index (χ4n) is 2.85. The van der Waals surface area contributed by atoms with Crippen molar-refractivity contribution in [1.82, 2.24) is 10.6 Å². The molecule has 0 aliphatic heterocycles. The summed E-state index contributed by atoms with van der Waals surface area (Å²) in [5, 5.41) is 14.9. The molecule has 6 nitrogen and oxygen atoms in total. The topological polar surface area (TPSA) is 104 Å². The smallest absolute Gasteiger partial charge is 0.315 e. The highest BCUT2D eigenvalue weighted by molar-refractivity contribution is 5.74. The first kappa shape index (κ1) is 15.8. The van der Waals surface area contributed by atoms with E-state index in [9.17, 15) is 14.7 Å². The van der Waals surface area contributed by atoms with Gasteiger partial charge in [0.1, 0.15) is 0 Å². The minimum atomic E-state index is -0.747. The second kappa shape index (κ2) is 6.23. The lowest BCUT2D eigenvalue weighted by Crippen LogP contribution is -2.54. The molecular weight excluding hydrogens is 246 g/mol. The molecule has 1 aliphatic carbocycles. The molecule has 3 unspecified atom stereocenters. The first-order valence-corrected chi connectivity index (χ1v) is 6.78. The maximum absolute atomic E-state index is 11.6. The molecule has 110 valence electrons. The van der Waals surface area contributed by atoms with E-state index < -0.39 is 5.97 Å². The van der Waals surface area contributed by atoms with Gasteiger partial charge in [0.2, 0.25) is 0 Å². The Kier molecular flexibility index (Phi) is 5.17. The molecule has 0 heterocycles. The maximum Gasteiger partial charge on any atom is 0.315 e. The van der Waals surface area contributed by atoms with Crippen molar-refractivity contribution in [3.8, 4) is 0 Å². The maximum atomic E-state index is 11.6. The molecule has 1 fully saturated rings. The van der Waals surface area contributed by atoms with E-state index in [1.807, 2.05) is 20.8 Å². The first-order valence-electron chi connectivity index (χ1n) is 6.78. The average molecular weight is 271 g/mol. The van der Waals surface area contributed by atoms with E-state index in [-0.39, 0.29) is 29.3 Å². The van der Waals surface area contributed by atoms with Crippen LogP contribution in [-0.4, -0.2) is 36.2 Å². The molecule has 3 atom stereocenters. The van der Waals surface area contributed by atoms with Crippen molar-refractivity contribution in [3.63, 3.8) is 0 Å². The van der Waals surface area contributed by atoms with Crippen molar-refractivity contribution < 1.29 is 14.7 Å². The number of amides is 2. The lowest BCUT2D eigenvalue weighted by Gasteiger charge is -2.46. The average Bonchev–Trinajstić information content (AvgIpc) is 2.32. The predicted octanol–water partition coefficient (Wildman–Crippen LogP) is 0.770. The van der Waals surface area contributed by atoms with Crippen LogP contribution in [-0.2, 0) is 4.79 Å². The Labute approximate surface area is 114 Å². The Bertz CT molecular complexity index is 344. The largest absolute Gasteiger partial charge is 0.481 e. The summed E-state index contributed by atoms with van der Waals surface area (Å²) >= 11 is 0. The van der Waals surface area contributed by atoms with Gasteiger partial charge in [-0.1, -0.05) is 20.8 Å². The van der Waals surface area contributed by atoms with Crippen molar-refractivity contribution in [1.29, 1.82) is 0 Å². The number of carbonyl (C=O) groups is 2. The molecule has 1 aliphatic rings. The van der Waals surface area contributed by atoms with Crippen LogP contribution in [0.1, 0.15) is 33.6 Å². The van der Waals surface area contributed by atoms with E-state index in [1.54, 1.807) is 0 Å². The number of nitrogens with one attached hydrogen (secondary N) is 2. The van der Waals surface area contributed by atoms with Gasteiger partial charge in [0.05, 0.1) is 5.92 Å². The van der Waals surface area contributed by atoms with Gasteiger partial charge in [-0.3, -0.25) is 4.79 Å². The summed E-state index contributed by atoms with van der Waals surface area (Å²) in [6, 6.07) is -0.227. The molecule has 0 saturated heterocycles. The zero-order chi connectivity index (χ0) is 14.6. The molecule has 5 N–H and O–H groups in total. The SMILES string of the molecule is CC1C(NC(=O)NCCN)CCC(C(=O)O)C1(C)C. The van der Waals surface area contributed by atoms with Crippen molar-refractivity contribution in [2.24, 2.45) is 23.0 Å². The number of nitrogens with two attached hydrogens (primary N) is 1. The van der Waals surface area contributed by atoms with Gasteiger partial charge >= 0.3 is 12.0 Å². The number of carbonyl (C=O) groups excluding carboxylic acids is 1. The van der Waals surface area contributed by atoms with Gasteiger partial charge in [0, 0.05) is 19.1 Å². The van der Waals surface area contributed by atoms with E-state index in [0.29, 0.717) is 25.9 Å². The molecule has 19 heavy (non-hydrogen) atoms. The fourth-order valence-corrected chi connectivity index (χ4v) is 2.85. The van der Waals surface area contributed by atoms with E-state index in [1.165, 1.54) is 0 Å². The molecule has 0 bridgehead atoms. The second-order valence-corrected chi connectivity index (χ2v) is 5.87. The fraction of sp³-hybridized carbons (Fsp3) is 0.846. The highest BCUT2D eigenvalue weighted by Crippen LogP contribution is 2.44. The van der Waals surface area contributed by atoms with E-state index in [4.69, 9.17) is 5.73 Å². The summed E-state index contributed by atoms with van der Waals surface area (Å²) in [6.45, 7) is 6.77. The van der Waals surface area contributed by atoms with Gasteiger partial charge in [-0.25, -0.2) is 4.79 Å². The van der Waals surface area contributed by atoms with Gasteiger partial charge in [-0.15, -0.1) is 0 Å². The van der Waals surface area contributed by atoms with Crippen LogP contribution < -0.4 is 16.4 Å². The zero-order valence-corrected chi connectivity index (χ0v) is 11.9. The standard InChI is InChI=1S/C13H25N3O3/c1-8-10(16-12(19)15-7-6-14)5-4-9(11(17)18)13(8,2)3/h8-10H,4-7,14H2,1-3H3,(H,17,18)(H2,15,16,19). The molecule has 0 aromatic rings. The highest BCUT2D eigenvalue weighted by atomic mass is 16.4. The summed E-state index contributed by atoms with van der Waals surface area (Å²) in [6.07, 6.45) is 1.28. The number of rotatable bonds is 4. The van der Waals surface area contributed by atoms with Crippen LogP contribution in [0.15, 0.2) is 0 Å². The van der Waals surface area contributed by atoms with Crippen LogP contribution in [0.25, 0.3) is 0 Å². The van der Waals surface area contributed by atoms with Gasteiger partial charge < -0.3 is 21.5 Å². The van der Waals surface area contributed by atoms with Crippen molar-refractivity contribution in [3.05, 3.63) is 0 Å². The van der Waals surface area contributed by atoms with Crippen LogP contribution in [0.2, 0.25) is 0 Å². The number of hydrogen-bond donors (Lipinski definition) is 4.